The summed E-state index contributed by atoms with van der Waals surface area (Å²) in [6, 6.07) is 17.2. The maximum absolute atomic E-state index is 4.87. The van der Waals surface area contributed by atoms with Crippen molar-refractivity contribution in [2.75, 3.05) is 31.1 Å². The Hall–Kier alpha value is -2.84. The van der Waals surface area contributed by atoms with Gasteiger partial charge in [0, 0.05) is 32.7 Å². The molecule has 4 aromatic rings. The van der Waals surface area contributed by atoms with Gasteiger partial charge in [-0.25, -0.2) is 9.67 Å². The van der Waals surface area contributed by atoms with Gasteiger partial charge in [0.05, 0.1) is 16.3 Å². The Kier molecular flexibility index (Phi) is 6.37. The first-order valence-corrected chi connectivity index (χ1v) is 12.6. The number of aryl methyl sites for hydroxylation is 2. The first-order valence-electron chi connectivity index (χ1n) is 11.8. The van der Waals surface area contributed by atoms with Crippen molar-refractivity contribution >= 4 is 26.7 Å². The fourth-order valence-corrected chi connectivity index (χ4v) is 5.40. The highest BCUT2D eigenvalue weighted by molar-refractivity contribution is 7.22. The van der Waals surface area contributed by atoms with Gasteiger partial charge in [-0.1, -0.05) is 67.1 Å². The fraction of sp³-hybridized carbons (Fsp3) is 0.440. The van der Waals surface area contributed by atoms with Crippen molar-refractivity contribution in [3.63, 3.8) is 0 Å². The van der Waals surface area contributed by atoms with Gasteiger partial charge in [-0.2, -0.15) is 0 Å². The standard InChI is InChI=1S/C25H31N7S/c1-18(2)12-13-32-24(27-28-29-32)23(20-10-8-19(3)9-11-20)30-14-16-31(17-15-30)25-26-21-6-4-5-7-22(21)33-25/h4-11,18,23H,12-17H2,1-3H3. The van der Waals surface area contributed by atoms with E-state index in [2.05, 4.69) is 94.6 Å². The number of aromatic nitrogens is 5. The first-order chi connectivity index (χ1) is 16.1. The Bertz CT molecular complexity index is 1160. The van der Waals surface area contributed by atoms with E-state index in [0.717, 1.165) is 55.6 Å². The van der Waals surface area contributed by atoms with Crippen molar-refractivity contribution in [1.29, 1.82) is 0 Å². The van der Waals surface area contributed by atoms with Gasteiger partial charge in [-0.15, -0.1) is 5.10 Å². The van der Waals surface area contributed by atoms with Gasteiger partial charge in [0.25, 0.3) is 0 Å². The highest BCUT2D eigenvalue weighted by Crippen LogP contribution is 2.32. The number of hydrogen-bond acceptors (Lipinski definition) is 7. The lowest BCUT2D eigenvalue weighted by atomic mass is 10.0. The number of benzene rings is 2. The summed E-state index contributed by atoms with van der Waals surface area (Å²) >= 11 is 1.78. The number of piperazine rings is 1. The molecule has 2 aromatic carbocycles. The molecule has 7 nitrogen and oxygen atoms in total. The van der Waals surface area contributed by atoms with Gasteiger partial charge in [0.15, 0.2) is 11.0 Å². The molecule has 1 saturated heterocycles. The van der Waals surface area contributed by atoms with E-state index in [4.69, 9.17) is 4.98 Å². The van der Waals surface area contributed by atoms with Crippen molar-refractivity contribution in [2.45, 2.75) is 39.8 Å². The van der Waals surface area contributed by atoms with E-state index in [1.807, 2.05) is 4.68 Å². The summed E-state index contributed by atoms with van der Waals surface area (Å²) < 4.78 is 3.25. The molecule has 0 radical (unpaired) electrons. The number of fused-ring (bicyclic) bond motifs is 1. The first kappa shape index (κ1) is 22.0. The van der Waals surface area contributed by atoms with Gasteiger partial charge in [-0.3, -0.25) is 4.90 Å². The zero-order valence-corrected chi connectivity index (χ0v) is 20.4. The molecule has 1 aliphatic heterocycles. The Labute approximate surface area is 199 Å². The van der Waals surface area contributed by atoms with E-state index in [9.17, 15) is 0 Å². The van der Waals surface area contributed by atoms with E-state index in [1.165, 1.54) is 15.8 Å². The van der Waals surface area contributed by atoms with Crippen molar-refractivity contribution in [3.05, 3.63) is 65.5 Å². The van der Waals surface area contributed by atoms with E-state index < -0.39 is 0 Å². The van der Waals surface area contributed by atoms with Crippen molar-refractivity contribution in [2.24, 2.45) is 5.92 Å². The largest absolute Gasteiger partial charge is 0.345 e. The molecule has 8 heteroatoms. The molecule has 0 aliphatic carbocycles. The summed E-state index contributed by atoms with van der Waals surface area (Å²) in [6.07, 6.45) is 1.06. The van der Waals surface area contributed by atoms with Crippen LogP contribution < -0.4 is 4.90 Å². The molecule has 1 aliphatic rings. The average molecular weight is 462 g/mol. The number of para-hydroxylation sites is 1. The lowest BCUT2D eigenvalue weighted by Crippen LogP contribution is -2.48. The zero-order chi connectivity index (χ0) is 22.8. The van der Waals surface area contributed by atoms with Crippen LogP contribution in [0.4, 0.5) is 5.13 Å². The second-order valence-corrected chi connectivity index (χ2v) is 10.3. The smallest absolute Gasteiger partial charge is 0.186 e. The number of nitrogens with zero attached hydrogens (tertiary/aromatic N) is 7. The van der Waals surface area contributed by atoms with E-state index in [1.54, 1.807) is 11.3 Å². The van der Waals surface area contributed by atoms with Crippen LogP contribution in [0.25, 0.3) is 10.2 Å². The van der Waals surface area contributed by atoms with Gasteiger partial charge in [-0.05, 0) is 47.4 Å². The molecule has 33 heavy (non-hydrogen) atoms. The highest BCUT2D eigenvalue weighted by Gasteiger charge is 2.31. The molecule has 3 heterocycles. The number of thiazole rings is 1. The van der Waals surface area contributed by atoms with Crippen LogP contribution in [-0.2, 0) is 6.54 Å². The van der Waals surface area contributed by atoms with E-state index in [-0.39, 0.29) is 6.04 Å². The van der Waals surface area contributed by atoms with Gasteiger partial charge in [0.2, 0.25) is 0 Å². The van der Waals surface area contributed by atoms with Crippen molar-refractivity contribution in [1.82, 2.24) is 30.1 Å². The molecule has 5 rings (SSSR count). The summed E-state index contributed by atoms with van der Waals surface area (Å²) in [7, 11) is 0. The minimum absolute atomic E-state index is 0.0466. The number of rotatable bonds is 7. The van der Waals surface area contributed by atoms with Crippen LogP contribution in [0.5, 0.6) is 0 Å². The minimum Gasteiger partial charge on any atom is -0.345 e. The van der Waals surface area contributed by atoms with Crippen LogP contribution in [0.15, 0.2) is 48.5 Å². The Balaban J connectivity index is 1.38. The quantitative estimate of drug-likeness (QED) is 0.402. The van der Waals surface area contributed by atoms with Crippen LogP contribution in [0, 0.1) is 12.8 Å². The maximum atomic E-state index is 4.87. The third kappa shape index (κ3) is 4.77. The minimum atomic E-state index is 0.0466. The van der Waals surface area contributed by atoms with Gasteiger partial charge in [0.1, 0.15) is 0 Å². The van der Waals surface area contributed by atoms with Gasteiger partial charge < -0.3 is 4.90 Å². The molecule has 0 spiro atoms. The fourth-order valence-electron chi connectivity index (χ4n) is 4.39. The molecule has 0 N–H and O–H groups in total. The number of hydrogen-bond donors (Lipinski definition) is 0. The molecule has 1 fully saturated rings. The van der Waals surface area contributed by atoms with Crippen LogP contribution in [0.3, 0.4) is 0 Å². The van der Waals surface area contributed by atoms with E-state index in [0.29, 0.717) is 5.92 Å². The molecule has 0 saturated carbocycles. The molecule has 0 bridgehead atoms. The highest BCUT2D eigenvalue weighted by atomic mass is 32.1. The molecule has 1 unspecified atom stereocenters. The van der Waals surface area contributed by atoms with Gasteiger partial charge >= 0.3 is 0 Å². The average Bonchev–Trinajstić information content (AvgIpc) is 3.47. The monoisotopic (exact) mass is 461 g/mol. The van der Waals surface area contributed by atoms with Crippen LogP contribution in [-0.4, -0.2) is 56.3 Å². The summed E-state index contributed by atoms with van der Waals surface area (Å²) in [5.74, 6) is 1.55. The molecule has 2 aromatic heterocycles. The van der Waals surface area contributed by atoms with Crippen molar-refractivity contribution < 1.29 is 0 Å². The molecule has 1 atom stereocenters. The predicted molar refractivity (Wildman–Crippen MR) is 134 cm³/mol. The molecule has 172 valence electrons. The van der Waals surface area contributed by atoms with Crippen LogP contribution in [0.2, 0.25) is 0 Å². The van der Waals surface area contributed by atoms with Crippen LogP contribution >= 0.6 is 11.3 Å². The van der Waals surface area contributed by atoms with E-state index >= 15 is 0 Å². The second-order valence-electron chi connectivity index (χ2n) is 9.24. The lowest BCUT2D eigenvalue weighted by Gasteiger charge is -2.38. The summed E-state index contributed by atoms with van der Waals surface area (Å²) in [5.41, 5.74) is 3.59. The number of tetrazole rings is 1. The number of anilines is 1. The lowest BCUT2D eigenvalue weighted by molar-refractivity contribution is 0.200. The third-order valence-electron chi connectivity index (χ3n) is 6.35. The molecular weight excluding hydrogens is 430 g/mol. The zero-order valence-electron chi connectivity index (χ0n) is 19.6. The second kappa shape index (κ2) is 9.57. The van der Waals surface area contributed by atoms with Crippen molar-refractivity contribution in [3.8, 4) is 0 Å². The third-order valence-corrected chi connectivity index (χ3v) is 7.45. The SMILES string of the molecule is Cc1ccc(C(c2nnnn2CCC(C)C)N2CCN(c3nc4ccccc4s3)CC2)cc1. The summed E-state index contributed by atoms with van der Waals surface area (Å²) in [4.78, 5) is 9.80. The predicted octanol–water partition coefficient (Wildman–Crippen LogP) is 4.55. The van der Waals surface area contributed by atoms with Crippen LogP contribution in [0.1, 0.15) is 43.3 Å². The Morgan fingerprint density at radius 1 is 0.970 bits per heavy atom. The Morgan fingerprint density at radius 2 is 1.73 bits per heavy atom. The topological polar surface area (TPSA) is 63.0 Å². The summed E-state index contributed by atoms with van der Waals surface area (Å²) in [5, 5.41) is 14.0. The molecular formula is C25H31N7S. The summed E-state index contributed by atoms with van der Waals surface area (Å²) in [6.45, 7) is 11.2. The maximum Gasteiger partial charge on any atom is 0.186 e. The normalized spacial score (nSPS) is 16.1. The Morgan fingerprint density at radius 3 is 2.45 bits per heavy atom. The molecule has 0 amide bonds.